The van der Waals surface area contributed by atoms with Gasteiger partial charge in [0.1, 0.15) is 11.4 Å². The van der Waals surface area contributed by atoms with Crippen molar-refractivity contribution in [2.24, 2.45) is 0 Å². The first-order valence-corrected chi connectivity index (χ1v) is 11.7. The molecule has 1 fully saturated rings. The zero-order valence-electron chi connectivity index (χ0n) is 20.2. The fourth-order valence-electron chi connectivity index (χ4n) is 4.21. The number of nitrogens with zero attached hydrogens (tertiary/aromatic N) is 2. The lowest BCUT2D eigenvalue weighted by Crippen LogP contribution is -2.48. The van der Waals surface area contributed by atoms with Crippen molar-refractivity contribution in [3.8, 4) is 0 Å². The van der Waals surface area contributed by atoms with Crippen LogP contribution in [0.15, 0.2) is 73.5 Å². The third kappa shape index (κ3) is 5.74. The van der Waals surface area contributed by atoms with Gasteiger partial charge in [0.15, 0.2) is 0 Å². The van der Waals surface area contributed by atoms with E-state index in [1.807, 2.05) is 44.2 Å². The Morgan fingerprint density at radius 1 is 1.24 bits per heavy atom. The van der Waals surface area contributed by atoms with Crippen LogP contribution in [-0.2, 0) is 21.6 Å². The predicted octanol–water partition coefficient (Wildman–Crippen LogP) is 6.13. The van der Waals surface area contributed by atoms with E-state index in [0.717, 1.165) is 23.1 Å². The minimum Gasteiger partial charge on any atom is -0.437 e. The summed E-state index contributed by atoms with van der Waals surface area (Å²) < 4.78 is 19.4. The number of hydrogen-bond acceptors (Lipinski definition) is 3. The molecule has 0 radical (unpaired) electrons. The second-order valence-corrected chi connectivity index (χ2v) is 8.70. The Morgan fingerprint density at radius 3 is 2.50 bits per heavy atom. The second kappa shape index (κ2) is 11.1. The van der Waals surface area contributed by atoms with E-state index < -0.39 is 11.7 Å². The summed E-state index contributed by atoms with van der Waals surface area (Å²) in [6, 6.07) is 13.7. The lowest BCUT2D eigenvalue weighted by atomic mass is 9.85. The van der Waals surface area contributed by atoms with E-state index in [2.05, 4.69) is 6.58 Å². The lowest BCUT2D eigenvalue weighted by Gasteiger charge is -2.43. The summed E-state index contributed by atoms with van der Waals surface area (Å²) in [5.74, 6) is -0.312. The Balaban J connectivity index is 1.68. The van der Waals surface area contributed by atoms with Crippen LogP contribution in [0.25, 0.3) is 0 Å². The number of allylic oxidation sites excluding steroid dienone is 1. The third-order valence-corrected chi connectivity index (χ3v) is 6.36. The maximum atomic E-state index is 13.4. The molecule has 5 nitrogen and oxygen atoms in total. The van der Waals surface area contributed by atoms with E-state index in [1.54, 1.807) is 41.3 Å². The van der Waals surface area contributed by atoms with E-state index in [9.17, 15) is 14.0 Å². The van der Waals surface area contributed by atoms with Crippen LogP contribution >= 0.6 is 0 Å². The fourth-order valence-corrected chi connectivity index (χ4v) is 4.21. The molecule has 1 heterocycles. The number of rotatable bonds is 9. The quantitative estimate of drug-likeness (QED) is 0.420. The van der Waals surface area contributed by atoms with Crippen LogP contribution in [-0.4, -0.2) is 35.4 Å². The molecule has 34 heavy (non-hydrogen) atoms. The minimum atomic E-state index is -0.842. The molecule has 180 valence electrons. The van der Waals surface area contributed by atoms with Gasteiger partial charge in [-0.05, 0) is 42.2 Å². The summed E-state index contributed by atoms with van der Waals surface area (Å²) in [4.78, 5) is 28.7. The molecule has 3 rings (SSSR count). The number of ether oxygens (including phenoxy) is 1. The summed E-state index contributed by atoms with van der Waals surface area (Å²) in [5, 5.41) is 0. The van der Waals surface area contributed by atoms with Gasteiger partial charge in [0.25, 0.3) is 0 Å². The van der Waals surface area contributed by atoms with Gasteiger partial charge in [0, 0.05) is 32.6 Å². The molecule has 2 atom stereocenters. The van der Waals surface area contributed by atoms with Crippen molar-refractivity contribution in [1.29, 1.82) is 0 Å². The molecular formula is C28H33FN2O3. The van der Waals surface area contributed by atoms with E-state index in [-0.39, 0.29) is 17.8 Å². The molecule has 2 aromatic carbocycles. The summed E-state index contributed by atoms with van der Waals surface area (Å²) >= 11 is 0. The fraction of sp³-hybridized carbons (Fsp3) is 0.357. The number of hydrogen-bond donors (Lipinski definition) is 0. The van der Waals surface area contributed by atoms with Gasteiger partial charge in [-0.1, -0.05) is 55.5 Å². The average molecular weight is 465 g/mol. The SMILES string of the molecule is C=CCC1(c2ccc(F)cc2)CCN(C(C)c2ccc(CC(=O)N(C)C=CCC)cc2)C(=O)O1. The molecular weight excluding hydrogens is 431 g/mol. The van der Waals surface area contributed by atoms with Crippen molar-refractivity contribution >= 4 is 12.0 Å². The van der Waals surface area contributed by atoms with E-state index in [0.29, 0.717) is 25.8 Å². The van der Waals surface area contributed by atoms with Crippen LogP contribution in [0.2, 0.25) is 0 Å². The van der Waals surface area contributed by atoms with Gasteiger partial charge in [-0.15, -0.1) is 6.58 Å². The van der Waals surface area contributed by atoms with Gasteiger partial charge >= 0.3 is 6.09 Å². The maximum absolute atomic E-state index is 13.4. The lowest BCUT2D eigenvalue weighted by molar-refractivity contribution is -0.126. The molecule has 0 bridgehead atoms. The van der Waals surface area contributed by atoms with Gasteiger partial charge in [0.2, 0.25) is 5.91 Å². The van der Waals surface area contributed by atoms with Gasteiger partial charge in [0.05, 0.1) is 12.5 Å². The van der Waals surface area contributed by atoms with Crippen molar-refractivity contribution in [3.63, 3.8) is 0 Å². The highest BCUT2D eigenvalue weighted by Gasteiger charge is 2.42. The average Bonchev–Trinajstić information content (AvgIpc) is 2.83. The highest BCUT2D eigenvalue weighted by atomic mass is 19.1. The van der Waals surface area contributed by atoms with Crippen LogP contribution in [0.5, 0.6) is 0 Å². The molecule has 2 aromatic rings. The summed E-state index contributed by atoms with van der Waals surface area (Å²) in [5.41, 5.74) is 1.80. The van der Waals surface area contributed by atoms with Crippen LogP contribution in [0.4, 0.5) is 9.18 Å². The summed E-state index contributed by atoms with van der Waals surface area (Å²) in [7, 11) is 1.76. The number of cyclic esters (lactones) is 1. The molecule has 2 unspecified atom stereocenters. The first kappa shape index (κ1) is 25.2. The molecule has 2 amide bonds. The predicted molar refractivity (Wildman–Crippen MR) is 131 cm³/mol. The molecule has 0 aromatic heterocycles. The molecule has 1 aliphatic heterocycles. The highest BCUT2D eigenvalue weighted by molar-refractivity contribution is 5.79. The maximum Gasteiger partial charge on any atom is 0.411 e. The monoisotopic (exact) mass is 464 g/mol. The molecule has 0 saturated carbocycles. The van der Waals surface area contributed by atoms with Gasteiger partial charge < -0.3 is 14.5 Å². The topological polar surface area (TPSA) is 49.9 Å². The highest BCUT2D eigenvalue weighted by Crippen LogP contribution is 2.39. The molecule has 0 N–H and O–H groups in total. The largest absolute Gasteiger partial charge is 0.437 e. The molecule has 0 spiro atoms. The van der Waals surface area contributed by atoms with Crippen molar-refractivity contribution in [3.05, 3.63) is 96.0 Å². The van der Waals surface area contributed by atoms with Crippen molar-refractivity contribution in [2.75, 3.05) is 13.6 Å². The minimum absolute atomic E-state index is 0.0180. The van der Waals surface area contributed by atoms with Gasteiger partial charge in [-0.3, -0.25) is 4.79 Å². The van der Waals surface area contributed by atoms with Crippen LogP contribution < -0.4 is 0 Å². The van der Waals surface area contributed by atoms with Gasteiger partial charge in [-0.25, -0.2) is 9.18 Å². The smallest absolute Gasteiger partial charge is 0.411 e. The number of amides is 2. The number of halogens is 1. The van der Waals surface area contributed by atoms with Crippen molar-refractivity contribution in [1.82, 2.24) is 9.80 Å². The molecule has 1 aliphatic rings. The molecule has 6 heteroatoms. The Bertz CT molecular complexity index is 1030. The molecule has 1 saturated heterocycles. The Morgan fingerprint density at radius 2 is 1.91 bits per heavy atom. The Labute approximate surface area is 201 Å². The first-order valence-electron chi connectivity index (χ1n) is 11.7. The van der Waals surface area contributed by atoms with Crippen LogP contribution in [0, 0.1) is 5.82 Å². The normalized spacial score (nSPS) is 19.1. The zero-order chi connectivity index (χ0) is 24.7. The molecule has 0 aliphatic carbocycles. The van der Waals surface area contributed by atoms with Crippen LogP contribution in [0.3, 0.4) is 0 Å². The van der Waals surface area contributed by atoms with Crippen LogP contribution in [0.1, 0.15) is 55.8 Å². The first-order chi connectivity index (χ1) is 16.3. The number of likely N-dealkylation sites (N-methyl/N-ethyl adjacent to an activating group) is 1. The van der Waals surface area contributed by atoms with Crippen molar-refractivity contribution in [2.45, 2.75) is 51.2 Å². The van der Waals surface area contributed by atoms with Gasteiger partial charge in [-0.2, -0.15) is 0 Å². The Kier molecular flexibility index (Phi) is 8.26. The zero-order valence-corrected chi connectivity index (χ0v) is 20.2. The third-order valence-electron chi connectivity index (χ3n) is 6.36. The number of carbonyl (C=O) groups excluding carboxylic acids is 2. The van der Waals surface area contributed by atoms with E-state index in [1.165, 1.54) is 12.1 Å². The van der Waals surface area contributed by atoms with E-state index in [4.69, 9.17) is 4.74 Å². The summed E-state index contributed by atoms with van der Waals surface area (Å²) in [6.45, 7) is 8.30. The number of carbonyl (C=O) groups is 2. The number of benzene rings is 2. The van der Waals surface area contributed by atoms with E-state index >= 15 is 0 Å². The standard InChI is InChI=1S/C28H33FN2O3/c1-5-7-18-30(4)26(32)20-22-8-10-23(11-9-22)21(3)31-19-17-28(16-6-2,34-27(31)33)24-12-14-25(29)15-13-24/h6-15,18,21H,2,5,16-17,19-20H2,1,3-4H3. The second-order valence-electron chi connectivity index (χ2n) is 8.70. The Hall–Kier alpha value is -3.41. The summed E-state index contributed by atoms with van der Waals surface area (Å²) in [6.07, 6.45) is 7.27. The van der Waals surface area contributed by atoms with Crippen molar-refractivity contribution < 1.29 is 18.7 Å².